The maximum absolute atomic E-state index is 12.8. The summed E-state index contributed by atoms with van der Waals surface area (Å²) in [6.45, 7) is 30.7. The maximum Gasteiger partial charge on any atom is 0.272 e. The monoisotopic (exact) mass is 1800 g/mol. The highest BCUT2D eigenvalue weighted by Crippen LogP contribution is 2.31. The first-order valence-electron chi connectivity index (χ1n) is 43.3. The Kier molecular flexibility index (Phi) is 38.9. The van der Waals surface area contributed by atoms with Crippen LogP contribution in [0.2, 0.25) is 0 Å². The Morgan fingerprint density at radius 3 is 0.687 bits per heavy atom. The van der Waals surface area contributed by atoms with Crippen LogP contribution in [-0.2, 0) is 37.9 Å². The van der Waals surface area contributed by atoms with E-state index in [4.69, 9.17) is 62.3 Å². The molecule has 4 aromatic heterocycles. The van der Waals surface area contributed by atoms with Gasteiger partial charge in [-0.3, -0.25) is 38.4 Å². The Hall–Kier alpha value is -12.7. The zero-order valence-corrected chi connectivity index (χ0v) is 76.7. The molecule has 0 fully saturated rings. The van der Waals surface area contributed by atoms with Gasteiger partial charge in [0.25, 0.3) is 23.6 Å². The summed E-state index contributed by atoms with van der Waals surface area (Å²) in [7, 11) is 1.64. The molecule has 0 aliphatic carbocycles. The van der Waals surface area contributed by atoms with Crippen molar-refractivity contribution in [3.63, 3.8) is 0 Å². The van der Waals surface area contributed by atoms with Gasteiger partial charge in [-0.1, -0.05) is 83.1 Å². The van der Waals surface area contributed by atoms with E-state index in [-0.39, 0.29) is 72.3 Å². The van der Waals surface area contributed by atoms with Crippen LogP contribution in [0.1, 0.15) is 166 Å². The van der Waals surface area contributed by atoms with E-state index in [0.29, 0.717) is 197 Å². The Morgan fingerprint density at radius 1 is 0.267 bits per heavy atom. The fraction of sp³-hybridized carbons (Fsp3) is 0.366. The summed E-state index contributed by atoms with van der Waals surface area (Å²) >= 11 is 0. The second-order valence-corrected chi connectivity index (χ2v) is 34.5. The average Bonchev–Trinajstić information content (AvgIpc) is 1.68. The second-order valence-electron chi connectivity index (χ2n) is 34.5. The number of hydrogen-bond donors (Lipinski definition) is 11. The highest BCUT2D eigenvalue weighted by Gasteiger charge is 2.28. The third kappa shape index (κ3) is 33.0. The number of phenolic OH excluding ortho intramolecular Hbond substituents is 1. The number of phenols is 1. The molecule has 30 heteroatoms. The SMILES string of the molecule is CC(C)(C)C(=O)c1ccc2[nH]c(C(=O)Nc3ccc(O)cc3)cc2c1.CC(C)(C)C(=O)c1ccc2[nH]c(C(=O)Nc3ccc(OCCOCCO)cc3)cc2c1.CC(C)(C)C(=O)c1ccc2[nH]c(C(=O)Nc3ccc(OCCOCCOCCOCCO)cc3)cc2c1.COCCOCCOCCOCCOc1ccc(NC(=O)c2cc3cc(C(=O)C(C)(C)C)ccc3[nH]2)cc1. The molecular weight excluding hydrogens is 1680 g/mol. The fourth-order valence-corrected chi connectivity index (χ4v) is 12.7. The van der Waals surface area contributed by atoms with Crippen LogP contribution < -0.4 is 35.5 Å². The minimum Gasteiger partial charge on any atom is -0.508 e. The van der Waals surface area contributed by atoms with Crippen molar-refractivity contribution in [3.8, 4) is 23.0 Å². The van der Waals surface area contributed by atoms with Crippen LogP contribution >= 0.6 is 0 Å². The van der Waals surface area contributed by atoms with Crippen molar-refractivity contribution >= 4 is 113 Å². The summed E-state index contributed by atoms with van der Waals surface area (Å²) in [6, 6.07) is 56.1. The van der Waals surface area contributed by atoms with Crippen LogP contribution in [0.5, 0.6) is 23.0 Å². The lowest BCUT2D eigenvalue weighted by Crippen LogP contribution is -2.19. The number of ether oxygens (including phenoxy) is 11. The number of rotatable bonds is 43. The van der Waals surface area contributed by atoms with Gasteiger partial charge in [0.15, 0.2) is 23.1 Å². The predicted octanol–water partition coefficient (Wildman–Crippen LogP) is 17.2. The van der Waals surface area contributed by atoms with E-state index in [0.717, 1.165) is 43.6 Å². The number of fused-ring (bicyclic) bond motifs is 4. The van der Waals surface area contributed by atoms with Crippen molar-refractivity contribution in [2.75, 3.05) is 161 Å². The van der Waals surface area contributed by atoms with Crippen LogP contribution in [0.25, 0.3) is 43.6 Å². The first kappa shape index (κ1) is 102. The third-order valence-electron chi connectivity index (χ3n) is 19.6. The Balaban J connectivity index is 0.000000199. The number of aliphatic hydroxyl groups is 2. The summed E-state index contributed by atoms with van der Waals surface area (Å²) in [5, 5.41) is 41.1. The number of Topliss-reactive ketones (excluding diaryl/α,β-unsaturated/α-hetero) is 4. The van der Waals surface area contributed by atoms with Crippen molar-refractivity contribution in [3.05, 3.63) is 239 Å². The molecule has 8 aromatic carbocycles. The van der Waals surface area contributed by atoms with Crippen molar-refractivity contribution < 1.29 is 106 Å². The van der Waals surface area contributed by atoms with Gasteiger partial charge in [-0.2, -0.15) is 0 Å². The van der Waals surface area contributed by atoms with E-state index < -0.39 is 21.7 Å². The molecule has 0 radical (unpaired) electrons. The molecule has 12 aromatic rings. The van der Waals surface area contributed by atoms with E-state index in [1.54, 1.807) is 147 Å². The normalized spacial score (nSPS) is 11.5. The van der Waals surface area contributed by atoms with Crippen molar-refractivity contribution in [2.24, 2.45) is 21.7 Å². The van der Waals surface area contributed by atoms with E-state index in [9.17, 15) is 43.5 Å². The van der Waals surface area contributed by atoms with E-state index >= 15 is 0 Å². The number of aromatic amines is 4. The second kappa shape index (κ2) is 49.9. The Morgan fingerprint density at radius 2 is 0.473 bits per heavy atom. The van der Waals surface area contributed by atoms with Gasteiger partial charge in [-0.25, -0.2) is 0 Å². The number of anilines is 4. The number of aliphatic hydroxyl groups excluding tert-OH is 2. The number of carbonyl (C=O) groups excluding carboxylic acids is 8. The first-order chi connectivity index (χ1) is 62.6. The molecule has 0 saturated carbocycles. The van der Waals surface area contributed by atoms with E-state index in [2.05, 4.69) is 41.2 Å². The molecule has 698 valence electrons. The molecule has 0 aliphatic rings. The van der Waals surface area contributed by atoms with Gasteiger partial charge in [0, 0.05) is 117 Å². The molecule has 30 nitrogen and oxygen atoms in total. The first-order valence-corrected chi connectivity index (χ1v) is 43.3. The van der Waals surface area contributed by atoms with Gasteiger partial charge in [0.1, 0.15) is 65.6 Å². The average molecular weight is 1800 g/mol. The number of aromatic hydroxyl groups is 1. The molecule has 131 heavy (non-hydrogen) atoms. The van der Waals surface area contributed by atoms with Gasteiger partial charge < -0.3 is 109 Å². The quantitative estimate of drug-likeness (QED) is 0.00960. The van der Waals surface area contributed by atoms with Crippen LogP contribution in [0.3, 0.4) is 0 Å². The molecule has 0 atom stereocenters. The number of amides is 4. The molecule has 0 bridgehead atoms. The number of H-pyrrole nitrogens is 4. The summed E-state index contributed by atoms with van der Waals surface area (Å²) in [4.78, 5) is 113. The number of hydrogen-bond acceptors (Lipinski definition) is 22. The van der Waals surface area contributed by atoms with Crippen molar-refractivity contribution in [2.45, 2.75) is 83.1 Å². The fourth-order valence-electron chi connectivity index (χ4n) is 12.7. The highest BCUT2D eigenvalue weighted by molar-refractivity contribution is 6.12. The van der Waals surface area contributed by atoms with Crippen LogP contribution in [0, 0.1) is 21.7 Å². The van der Waals surface area contributed by atoms with Crippen LogP contribution in [-0.4, -0.2) is 221 Å². The largest absolute Gasteiger partial charge is 0.508 e. The third-order valence-corrected chi connectivity index (χ3v) is 19.6. The van der Waals surface area contributed by atoms with E-state index in [1.807, 2.05) is 126 Å². The van der Waals surface area contributed by atoms with Gasteiger partial charge in [-0.05, 0) is 194 Å². The lowest BCUT2D eigenvalue weighted by molar-refractivity contribution is 0.000164. The highest BCUT2D eigenvalue weighted by atomic mass is 16.6. The van der Waals surface area contributed by atoms with Crippen LogP contribution in [0.4, 0.5) is 22.7 Å². The van der Waals surface area contributed by atoms with Gasteiger partial charge in [-0.15, -0.1) is 0 Å². The lowest BCUT2D eigenvalue weighted by atomic mass is 9.86. The summed E-state index contributed by atoms with van der Waals surface area (Å²) in [6.07, 6.45) is 0. The van der Waals surface area contributed by atoms with E-state index in [1.165, 1.54) is 12.1 Å². The standard InChI is InChI=1S/C29H38N2O7.C28H36N2O7.C24H28N2O5.C20H20N2O3/c1-29(2,3)27(32)21-5-10-25-22(19-21)20-26(31-25)28(33)30-23-6-8-24(9-7-23)38-18-17-37-16-15-36-14-13-35-12-11-34-4;1-28(2,3)26(32)20-4-9-24-21(18-20)19-25(30-24)27(33)29-22-5-7-23(8-6-22)37-17-16-36-15-14-35-13-12-34-11-10-31;1-24(2,3)22(28)16-4-9-20-17(14-16)15-21(26-20)23(29)25-18-5-7-19(8-6-18)31-13-12-30-11-10-27;1-20(2,3)18(24)12-4-9-16-13(10-12)11-17(22-16)19(25)21-14-5-7-15(23)8-6-14/h5-10,19-20,31H,11-18H2,1-4H3,(H,30,33);4-9,18-19,30-31H,10-17H2,1-3H3,(H,29,33);4-9,14-15,26-27H,10-13H2,1-3H3,(H,25,29);4-11,22-23H,1-3H3,(H,21,25). The zero-order valence-electron chi connectivity index (χ0n) is 76.7. The minimum atomic E-state index is -0.473. The number of benzene rings is 8. The lowest BCUT2D eigenvalue weighted by Gasteiger charge is -2.16. The van der Waals surface area contributed by atoms with Gasteiger partial charge in [0.2, 0.25) is 0 Å². The zero-order chi connectivity index (χ0) is 94.7. The molecule has 4 amide bonds. The predicted molar refractivity (Wildman–Crippen MR) is 506 cm³/mol. The molecule has 4 heterocycles. The summed E-state index contributed by atoms with van der Waals surface area (Å²) in [5.74, 6) is 1.28. The molecule has 0 aliphatic heterocycles. The summed E-state index contributed by atoms with van der Waals surface area (Å²) < 4.78 is 59.0. The van der Waals surface area contributed by atoms with Crippen LogP contribution in [0.15, 0.2) is 194 Å². The minimum absolute atomic E-state index is 0.00905. The number of carbonyl (C=O) groups is 8. The molecule has 0 spiro atoms. The number of nitrogens with one attached hydrogen (secondary N) is 8. The number of ketones is 4. The maximum atomic E-state index is 12.8. The molecule has 0 unspecified atom stereocenters. The summed E-state index contributed by atoms with van der Waals surface area (Å²) in [5.41, 5.74) is 7.97. The smallest absolute Gasteiger partial charge is 0.272 e. The van der Waals surface area contributed by atoms with Gasteiger partial charge >= 0.3 is 0 Å². The van der Waals surface area contributed by atoms with Gasteiger partial charge in [0.05, 0.1) is 112 Å². The molecular formula is C101H122N8O22. The molecule has 0 saturated heterocycles. The van der Waals surface area contributed by atoms with Crippen molar-refractivity contribution in [1.82, 2.24) is 19.9 Å². The molecule has 12 rings (SSSR count). The van der Waals surface area contributed by atoms with Crippen molar-refractivity contribution in [1.29, 1.82) is 0 Å². The Bertz CT molecular complexity index is 5710. The molecule has 11 N–H and O–H groups in total. The number of aromatic nitrogens is 4. The topological polar surface area (TPSA) is 410 Å². The Labute approximate surface area is 762 Å². The number of methoxy groups -OCH3 is 1.